The van der Waals surface area contributed by atoms with Gasteiger partial charge in [0, 0.05) is 17.8 Å². The number of aromatic nitrogens is 2. The molecule has 102 valence electrons. The first-order valence-corrected chi connectivity index (χ1v) is 6.62. The van der Waals surface area contributed by atoms with E-state index in [2.05, 4.69) is 34.6 Å². The largest absolute Gasteiger partial charge is 0.460 e. The summed E-state index contributed by atoms with van der Waals surface area (Å²) in [5.74, 6) is 1.72. The van der Waals surface area contributed by atoms with Crippen molar-refractivity contribution in [2.45, 2.75) is 20.4 Å². The molecule has 0 unspecified atom stereocenters. The fourth-order valence-corrected chi connectivity index (χ4v) is 2.19. The van der Waals surface area contributed by atoms with Gasteiger partial charge in [-0.1, -0.05) is 18.2 Å². The van der Waals surface area contributed by atoms with E-state index in [1.54, 1.807) is 0 Å². The molecule has 1 aromatic carbocycles. The highest BCUT2D eigenvalue weighted by molar-refractivity contribution is 5.58. The zero-order chi connectivity index (χ0) is 13.9. The number of hydrogen-bond acceptors (Lipinski definition) is 3. The Bertz CT molecular complexity index is 712. The van der Waals surface area contributed by atoms with Gasteiger partial charge < -0.3 is 9.73 Å². The number of rotatable bonds is 4. The van der Waals surface area contributed by atoms with Crippen molar-refractivity contribution in [1.29, 1.82) is 0 Å². The predicted octanol–water partition coefficient (Wildman–Crippen LogP) is 3.90. The third kappa shape index (κ3) is 2.45. The van der Waals surface area contributed by atoms with Crippen LogP contribution >= 0.6 is 0 Å². The van der Waals surface area contributed by atoms with Crippen LogP contribution in [0.5, 0.6) is 0 Å². The van der Waals surface area contributed by atoms with E-state index in [-0.39, 0.29) is 0 Å². The van der Waals surface area contributed by atoms with Crippen LogP contribution in [0, 0.1) is 13.8 Å². The van der Waals surface area contributed by atoms with Crippen molar-refractivity contribution in [3.63, 3.8) is 0 Å². The van der Waals surface area contributed by atoms with Crippen molar-refractivity contribution in [2.24, 2.45) is 0 Å². The van der Waals surface area contributed by atoms with E-state index in [4.69, 9.17) is 4.42 Å². The van der Waals surface area contributed by atoms with Crippen molar-refractivity contribution in [3.8, 4) is 11.5 Å². The van der Waals surface area contributed by atoms with Crippen LogP contribution in [-0.4, -0.2) is 10.2 Å². The summed E-state index contributed by atoms with van der Waals surface area (Å²) in [6.07, 6.45) is 1.83. The SMILES string of the molecule is Cc1ccc(-c2[nH]ncc2CNc2ccccc2C)o1. The van der Waals surface area contributed by atoms with E-state index in [1.807, 2.05) is 37.4 Å². The van der Waals surface area contributed by atoms with E-state index in [9.17, 15) is 0 Å². The average molecular weight is 267 g/mol. The van der Waals surface area contributed by atoms with Crippen LogP contribution < -0.4 is 5.32 Å². The maximum absolute atomic E-state index is 5.65. The smallest absolute Gasteiger partial charge is 0.152 e. The molecule has 0 fully saturated rings. The van der Waals surface area contributed by atoms with E-state index < -0.39 is 0 Å². The molecule has 4 nitrogen and oxygen atoms in total. The summed E-state index contributed by atoms with van der Waals surface area (Å²) in [6.45, 7) is 4.73. The molecular formula is C16H17N3O. The first kappa shape index (κ1) is 12.5. The van der Waals surface area contributed by atoms with Crippen LogP contribution in [0.25, 0.3) is 11.5 Å². The first-order chi connectivity index (χ1) is 9.74. The number of H-pyrrole nitrogens is 1. The number of benzene rings is 1. The van der Waals surface area contributed by atoms with Crippen LogP contribution in [0.3, 0.4) is 0 Å². The monoisotopic (exact) mass is 267 g/mol. The van der Waals surface area contributed by atoms with Gasteiger partial charge in [0.1, 0.15) is 11.5 Å². The van der Waals surface area contributed by atoms with Gasteiger partial charge in [-0.2, -0.15) is 5.10 Å². The predicted molar refractivity (Wildman–Crippen MR) is 79.5 cm³/mol. The number of hydrogen-bond donors (Lipinski definition) is 2. The van der Waals surface area contributed by atoms with Gasteiger partial charge in [-0.05, 0) is 37.6 Å². The van der Waals surface area contributed by atoms with E-state index in [0.717, 1.165) is 28.5 Å². The van der Waals surface area contributed by atoms with Gasteiger partial charge in [-0.3, -0.25) is 5.10 Å². The van der Waals surface area contributed by atoms with Gasteiger partial charge >= 0.3 is 0 Å². The molecule has 0 saturated carbocycles. The molecule has 3 rings (SSSR count). The molecule has 4 heteroatoms. The molecule has 2 aromatic heterocycles. The van der Waals surface area contributed by atoms with Crippen LogP contribution in [0.4, 0.5) is 5.69 Å². The first-order valence-electron chi connectivity index (χ1n) is 6.62. The Morgan fingerprint density at radius 1 is 1.15 bits per heavy atom. The zero-order valence-electron chi connectivity index (χ0n) is 11.6. The molecule has 3 aromatic rings. The van der Waals surface area contributed by atoms with Gasteiger partial charge in [0.05, 0.1) is 6.20 Å². The Labute approximate surface area is 117 Å². The van der Waals surface area contributed by atoms with Crippen molar-refractivity contribution in [3.05, 3.63) is 59.5 Å². The van der Waals surface area contributed by atoms with Crippen LogP contribution in [-0.2, 0) is 6.54 Å². The van der Waals surface area contributed by atoms with E-state index in [0.29, 0.717) is 6.54 Å². The highest BCUT2D eigenvalue weighted by Gasteiger charge is 2.11. The van der Waals surface area contributed by atoms with Crippen LogP contribution in [0.1, 0.15) is 16.9 Å². The molecule has 0 aliphatic carbocycles. The molecule has 0 atom stereocenters. The molecule has 0 spiro atoms. The van der Waals surface area contributed by atoms with E-state index >= 15 is 0 Å². The molecule has 2 heterocycles. The lowest BCUT2D eigenvalue weighted by atomic mass is 10.1. The average Bonchev–Trinajstić information content (AvgIpc) is 3.06. The lowest BCUT2D eigenvalue weighted by Gasteiger charge is -2.08. The topological polar surface area (TPSA) is 53.9 Å². The minimum atomic E-state index is 0.705. The maximum Gasteiger partial charge on any atom is 0.152 e. The summed E-state index contributed by atoms with van der Waals surface area (Å²) in [6, 6.07) is 12.1. The number of anilines is 1. The molecule has 20 heavy (non-hydrogen) atoms. The lowest BCUT2D eigenvalue weighted by molar-refractivity contribution is 0.545. The number of nitrogens with zero attached hydrogens (tertiary/aromatic N) is 1. The van der Waals surface area contributed by atoms with Gasteiger partial charge in [0.2, 0.25) is 0 Å². The molecular weight excluding hydrogens is 250 g/mol. The van der Waals surface area contributed by atoms with Crippen molar-refractivity contribution in [1.82, 2.24) is 10.2 Å². The number of furan rings is 1. The Kier molecular flexibility index (Phi) is 3.29. The Balaban J connectivity index is 1.79. The summed E-state index contributed by atoms with van der Waals surface area (Å²) in [4.78, 5) is 0. The summed E-state index contributed by atoms with van der Waals surface area (Å²) in [5, 5.41) is 10.6. The maximum atomic E-state index is 5.65. The molecule has 0 aliphatic rings. The Morgan fingerprint density at radius 3 is 2.75 bits per heavy atom. The lowest BCUT2D eigenvalue weighted by Crippen LogP contribution is -2.01. The highest BCUT2D eigenvalue weighted by Crippen LogP contribution is 2.24. The van der Waals surface area contributed by atoms with Crippen LogP contribution in [0.15, 0.2) is 47.0 Å². The number of para-hydroxylation sites is 1. The molecule has 2 N–H and O–H groups in total. The molecule has 0 aliphatic heterocycles. The third-order valence-electron chi connectivity index (χ3n) is 3.32. The normalized spacial score (nSPS) is 10.7. The Hall–Kier alpha value is -2.49. The summed E-state index contributed by atoms with van der Waals surface area (Å²) >= 11 is 0. The number of aromatic amines is 1. The molecule has 0 radical (unpaired) electrons. The van der Waals surface area contributed by atoms with Crippen molar-refractivity contribution < 1.29 is 4.42 Å². The molecule has 0 amide bonds. The van der Waals surface area contributed by atoms with E-state index in [1.165, 1.54) is 5.56 Å². The summed E-state index contributed by atoms with van der Waals surface area (Å²) in [7, 11) is 0. The van der Waals surface area contributed by atoms with Crippen LogP contribution in [0.2, 0.25) is 0 Å². The standard InChI is InChI=1S/C16H17N3O/c1-11-5-3-4-6-14(11)17-9-13-10-18-19-16(13)15-8-7-12(2)20-15/h3-8,10,17H,9H2,1-2H3,(H,18,19). The molecule has 0 saturated heterocycles. The number of nitrogens with one attached hydrogen (secondary N) is 2. The van der Waals surface area contributed by atoms with Gasteiger partial charge in [0.15, 0.2) is 5.76 Å². The second-order valence-electron chi connectivity index (χ2n) is 4.85. The second-order valence-corrected chi connectivity index (χ2v) is 4.85. The summed E-state index contributed by atoms with van der Waals surface area (Å²) < 4.78 is 5.65. The quantitative estimate of drug-likeness (QED) is 0.753. The minimum absolute atomic E-state index is 0.705. The third-order valence-corrected chi connectivity index (χ3v) is 3.32. The Morgan fingerprint density at radius 2 is 2.00 bits per heavy atom. The van der Waals surface area contributed by atoms with Gasteiger partial charge in [-0.15, -0.1) is 0 Å². The van der Waals surface area contributed by atoms with Crippen molar-refractivity contribution in [2.75, 3.05) is 5.32 Å². The zero-order valence-corrected chi connectivity index (χ0v) is 11.6. The van der Waals surface area contributed by atoms with Gasteiger partial charge in [-0.25, -0.2) is 0 Å². The minimum Gasteiger partial charge on any atom is -0.460 e. The van der Waals surface area contributed by atoms with Gasteiger partial charge in [0.25, 0.3) is 0 Å². The summed E-state index contributed by atoms with van der Waals surface area (Å²) in [5.41, 5.74) is 4.38. The fourth-order valence-electron chi connectivity index (χ4n) is 2.19. The van der Waals surface area contributed by atoms with Crippen molar-refractivity contribution >= 4 is 5.69 Å². The fraction of sp³-hybridized carbons (Fsp3) is 0.188. The highest BCUT2D eigenvalue weighted by atomic mass is 16.3. The second kappa shape index (κ2) is 5.25. The molecule has 0 bridgehead atoms. The number of aryl methyl sites for hydroxylation is 2.